The summed E-state index contributed by atoms with van der Waals surface area (Å²) in [5.74, 6) is -1.24. The molecule has 0 aliphatic heterocycles. The summed E-state index contributed by atoms with van der Waals surface area (Å²) < 4.78 is 18.3. The Hall–Kier alpha value is -2.97. The first-order valence-electron chi connectivity index (χ1n) is 8.23. The number of pyridine rings is 1. The molecular formula is C19H15ClFN3O3S. The third kappa shape index (κ3) is 4.65. The molecule has 3 rings (SSSR count). The van der Waals surface area contributed by atoms with Crippen LogP contribution in [0.1, 0.15) is 27.1 Å². The Morgan fingerprint density at radius 3 is 2.50 bits per heavy atom. The lowest BCUT2D eigenvalue weighted by Gasteiger charge is -2.08. The van der Waals surface area contributed by atoms with Crippen molar-refractivity contribution >= 4 is 34.8 Å². The van der Waals surface area contributed by atoms with E-state index in [1.54, 1.807) is 37.3 Å². The van der Waals surface area contributed by atoms with Crippen molar-refractivity contribution in [1.29, 1.82) is 0 Å². The van der Waals surface area contributed by atoms with Crippen LogP contribution in [0.15, 0.2) is 48.5 Å². The first kappa shape index (κ1) is 19.8. The topological polar surface area (TPSA) is 80.3 Å². The van der Waals surface area contributed by atoms with E-state index in [0.29, 0.717) is 11.5 Å². The highest BCUT2D eigenvalue weighted by Gasteiger charge is 2.16. The smallest absolute Gasteiger partial charge is 0.289 e. The van der Waals surface area contributed by atoms with Crippen LogP contribution in [0.2, 0.25) is 5.02 Å². The minimum absolute atomic E-state index is 0.0638. The van der Waals surface area contributed by atoms with Crippen LogP contribution in [0.3, 0.4) is 0 Å². The summed E-state index contributed by atoms with van der Waals surface area (Å²) in [6.45, 7) is 2.18. The van der Waals surface area contributed by atoms with Crippen molar-refractivity contribution in [3.05, 3.63) is 69.9 Å². The summed E-state index contributed by atoms with van der Waals surface area (Å²) in [4.78, 5) is 29.7. The molecule has 9 heteroatoms. The molecule has 2 amide bonds. The van der Waals surface area contributed by atoms with E-state index in [0.717, 1.165) is 10.4 Å². The van der Waals surface area contributed by atoms with E-state index in [1.807, 2.05) is 0 Å². The first-order valence-corrected chi connectivity index (χ1v) is 9.43. The maximum absolute atomic E-state index is 13.0. The monoisotopic (exact) mass is 419 g/mol. The SMILES string of the molecule is CCOc1ccc(Cl)c(C(=O)NNC(=O)c2ccc(-c3ccc(F)cc3)s2)n1. The Kier molecular flexibility index (Phi) is 6.23. The molecule has 0 saturated carbocycles. The maximum Gasteiger partial charge on any atom is 0.289 e. The standard InChI is InChI=1S/C19H15ClFN3O3S/c1-2-27-16-10-7-13(20)17(22-16)19(26)24-23-18(25)15-9-8-14(28-15)11-3-5-12(21)6-4-11/h3-10H,2H2,1H3,(H,23,25)(H,24,26). The van der Waals surface area contributed by atoms with Crippen molar-refractivity contribution in [1.82, 2.24) is 15.8 Å². The van der Waals surface area contributed by atoms with Gasteiger partial charge in [-0.15, -0.1) is 11.3 Å². The van der Waals surface area contributed by atoms with Gasteiger partial charge in [0, 0.05) is 10.9 Å². The van der Waals surface area contributed by atoms with Crippen LogP contribution in [0.25, 0.3) is 10.4 Å². The van der Waals surface area contributed by atoms with Gasteiger partial charge in [-0.3, -0.25) is 20.4 Å². The summed E-state index contributed by atoms with van der Waals surface area (Å²) in [6, 6.07) is 12.4. The third-order valence-electron chi connectivity index (χ3n) is 3.58. The molecule has 1 aromatic carbocycles. The molecule has 0 aliphatic rings. The lowest BCUT2D eigenvalue weighted by Crippen LogP contribution is -2.41. The summed E-state index contributed by atoms with van der Waals surface area (Å²) in [6.07, 6.45) is 0. The molecular weight excluding hydrogens is 405 g/mol. The largest absolute Gasteiger partial charge is 0.478 e. The summed E-state index contributed by atoms with van der Waals surface area (Å²) in [7, 11) is 0. The van der Waals surface area contributed by atoms with Gasteiger partial charge < -0.3 is 4.74 Å². The van der Waals surface area contributed by atoms with E-state index < -0.39 is 11.8 Å². The molecule has 0 fully saturated rings. The molecule has 3 aromatic rings. The molecule has 6 nitrogen and oxygen atoms in total. The van der Waals surface area contributed by atoms with Crippen LogP contribution in [0.4, 0.5) is 4.39 Å². The molecule has 2 heterocycles. The molecule has 0 unspecified atom stereocenters. The Bertz CT molecular complexity index is 1010. The molecule has 28 heavy (non-hydrogen) atoms. The van der Waals surface area contributed by atoms with Crippen molar-refractivity contribution < 1.29 is 18.7 Å². The van der Waals surface area contributed by atoms with E-state index in [-0.39, 0.29) is 22.4 Å². The highest BCUT2D eigenvalue weighted by Crippen LogP contribution is 2.28. The second-order valence-electron chi connectivity index (χ2n) is 5.49. The number of amides is 2. The van der Waals surface area contributed by atoms with Gasteiger partial charge in [0.15, 0.2) is 5.69 Å². The second-order valence-corrected chi connectivity index (χ2v) is 6.98. The predicted molar refractivity (Wildman–Crippen MR) is 105 cm³/mol. The molecule has 2 N–H and O–H groups in total. The predicted octanol–water partition coefficient (Wildman–Crippen LogP) is 4.08. The first-order chi connectivity index (χ1) is 13.5. The zero-order chi connectivity index (χ0) is 20.1. The Morgan fingerprint density at radius 2 is 1.79 bits per heavy atom. The second kappa shape index (κ2) is 8.81. The van der Waals surface area contributed by atoms with Crippen LogP contribution in [0, 0.1) is 5.82 Å². The van der Waals surface area contributed by atoms with Gasteiger partial charge in [0.1, 0.15) is 5.82 Å². The highest BCUT2D eigenvalue weighted by atomic mass is 35.5. The average Bonchev–Trinajstić information content (AvgIpc) is 3.18. The van der Waals surface area contributed by atoms with Gasteiger partial charge in [-0.05, 0) is 42.8 Å². The lowest BCUT2D eigenvalue weighted by atomic mass is 10.2. The number of carbonyl (C=O) groups is 2. The van der Waals surface area contributed by atoms with Crippen molar-refractivity contribution in [2.45, 2.75) is 6.92 Å². The molecule has 0 atom stereocenters. The number of carbonyl (C=O) groups excluding carboxylic acids is 2. The molecule has 0 spiro atoms. The molecule has 0 bridgehead atoms. The Labute approximate surface area is 169 Å². The molecule has 0 radical (unpaired) electrons. The van der Waals surface area contributed by atoms with Gasteiger partial charge in [0.05, 0.1) is 16.5 Å². The van der Waals surface area contributed by atoms with Crippen LogP contribution in [0.5, 0.6) is 5.88 Å². The number of rotatable bonds is 5. The lowest BCUT2D eigenvalue weighted by molar-refractivity contribution is 0.0845. The van der Waals surface area contributed by atoms with Crippen LogP contribution >= 0.6 is 22.9 Å². The normalized spacial score (nSPS) is 10.4. The van der Waals surface area contributed by atoms with E-state index in [9.17, 15) is 14.0 Å². The Balaban J connectivity index is 1.65. The highest BCUT2D eigenvalue weighted by molar-refractivity contribution is 7.17. The van der Waals surface area contributed by atoms with Crippen LogP contribution in [-0.2, 0) is 0 Å². The van der Waals surface area contributed by atoms with Crippen molar-refractivity contribution in [3.63, 3.8) is 0 Å². The zero-order valence-corrected chi connectivity index (χ0v) is 16.2. The number of hydrogen-bond donors (Lipinski definition) is 2. The number of halogens is 2. The fourth-order valence-corrected chi connectivity index (χ4v) is 3.37. The van der Waals surface area contributed by atoms with Gasteiger partial charge in [0.2, 0.25) is 5.88 Å². The number of ether oxygens (including phenoxy) is 1. The molecule has 0 saturated heterocycles. The minimum atomic E-state index is -0.671. The molecule has 0 aliphatic carbocycles. The number of benzene rings is 1. The average molecular weight is 420 g/mol. The van der Waals surface area contributed by atoms with E-state index in [4.69, 9.17) is 16.3 Å². The van der Waals surface area contributed by atoms with Crippen LogP contribution < -0.4 is 15.6 Å². The number of thiophene rings is 1. The van der Waals surface area contributed by atoms with Crippen molar-refractivity contribution in [2.75, 3.05) is 6.61 Å². The number of hydrogen-bond acceptors (Lipinski definition) is 5. The van der Waals surface area contributed by atoms with E-state index >= 15 is 0 Å². The zero-order valence-electron chi connectivity index (χ0n) is 14.7. The minimum Gasteiger partial charge on any atom is -0.478 e. The summed E-state index contributed by atoms with van der Waals surface area (Å²) in [5.41, 5.74) is 5.33. The number of hydrazine groups is 1. The molecule has 144 valence electrons. The van der Waals surface area contributed by atoms with Gasteiger partial charge in [-0.2, -0.15) is 0 Å². The number of aromatic nitrogens is 1. The molecule has 2 aromatic heterocycles. The van der Waals surface area contributed by atoms with E-state index in [1.165, 1.54) is 29.5 Å². The van der Waals surface area contributed by atoms with E-state index in [2.05, 4.69) is 15.8 Å². The van der Waals surface area contributed by atoms with Gasteiger partial charge in [-0.25, -0.2) is 9.37 Å². The quantitative estimate of drug-likeness (QED) is 0.611. The number of nitrogens with zero attached hydrogens (tertiary/aromatic N) is 1. The van der Waals surface area contributed by atoms with Crippen molar-refractivity contribution in [3.8, 4) is 16.3 Å². The fraction of sp³-hybridized carbons (Fsp3) is 0.105. The van der Waals surface area contributed by atoms with Gasteiger partial charge >= 0.3 is 0 Å². The fourth-order valence-electron chi connectivity index (χ4n) is 2.28. The Morgan fingerprint density at radius 1 is 1.07 bits per heavy atom. The number of nitrogens with one attached hydrogen (secondary N) is 2. The van der Waals surface area contributed by atoms with Gasteiger partial charge in [0.25, 0.3) is 11.8 Å². The summed E-state index contributed by atoms with van der Waals surface area (Å²) >= 11 is 7.20. The summed E-state index contributed by atoms with van der Waals surface area (Å²) in [5, 5.41) is 0.130. The third-order valence-corrected chi connectivity index (χ3v) is 5.01. The maximum atomic E-state index is 13.0. The van der Waals surface area contributed by atoms with Crippen molar-refractivity contribution in [2.24, 2.45) is 0 Å². The van der Waals surface area contributed by atoms with Crippen LogP contribution in [-0.4, -0.2) is 23.4 Å². The van der Waals surface area contributed by atoms with Gasteiger partial charge in [-0.1, -0.05) is 23.7 Å².